The molecule has 2 aliphatic heterocycles. The summed E-state index contributed by atoms with van der Waals surface area (Å²) in [5.74, 6) is -0.0701. The Labute approximate surface area is 192 Å². The van der Waals surface area contributed by atoms with Crippen LogP contribution in [0.3, 0.4) is 0 Å². The van der Waals surface area contributed by atoms with Crippen molar-refractivity contribution in [3.63, 3.8) is 0 Å². The fraction of sp³-hybridized carbons (Fsp3) is 0.500. The van der Waals surface area contributed by atoms with Crippen molar-refractivity contribution in [2.75, 3.05) is 33.3 Å². The first-order valence-corrected chi connectivity index (χ1v) is 12.0. The van der Waals surface area contributed by atoms with Gasteiger partial charge in [0.15, 0.2) is 11.6 Å². The van der Waals surface area contributed by atoms with Crippen LogP contribution in [0.25, 0.3) is 0 Å². The van der Waals surface area contributed by atoms with Gasteiger partial charge in [-0.25, -0.2) is 4.39 Å². The molecule has 0 saturated carbocycles. The molecule has 3 heterocycles. The van der Waals surface area contributed by atoms with Crippen molar-refractivity contribution in [1.29, 1.82) is 0 Å². The minimum absolute atomic E-state index is 0.00807. The summed E-state index contributed by atoms with van der Waals surface area (Å²) in [6, 6.07) is 9.00. The van der Waals surface area contributed by atoms with E-state index in [4.69, 9.17) is 4.74 Å². The smallest absolute Gasteiger partial charge is 0.222 e. The van der Waals surface area contributed by atoms with Crippen LogP contribution < -0.4 is 10.1 Å². The monoisotopic (exact) mass is 459 g/mol. The number of carbonyl (C=O) groups excluding carboxylic acids is 2. The van der Waals surface area contributed by atoms with Crippen LogP contribution in [0.2, 0.25) is 0 Å². The Morgan fingerprint density at radius 1 is 1.25 bits per heavy atom. The van der Waals surface area contributed by atoms with Gasteiger partial charge in [0.05, 0.1) is 7.11 Å². The average molecular weight is 460 g/mol. The van der Waals surface area contributed by atoms with Gasteiger partial charge in [0.2, 0.25) is 11.8 Å². The van der Waals surface area contributed by atoms with Gasteiger partial charge in [0.1, 0.15) is 0 Å². The topological polar surface area (TPSA) is 61.9 Å². The number of nitrogens with zero attached hydrogens (tertiary/aromatic N) is 2. The van der Waals surface area contributed by atoms with E-state index in [2.05, 4.69) is 27.7 Å². The molecular formula is C24H30FN3O3S. The van der Waals surface area contributed by atoms with Gasteiger partial charge in [-0.2, -0.15) is 0 Å². The number of carbonyl (C=O) groups is 2. The SMILES string of the molecule is COc1cc(C[C@@]2(CCC(=O)N3CCN(Cc4cccs4)CC3)CCC(=O)N2)ccc1F. The Balaban J connectivity index is 1.32. The first kappa shape index (κ1) is 22.7. The maximum atomic E-state index is 13.8. The van der Waals surface area contributed by atoms with Gasteiger partial charge in [-0.05, 0) is 48.4 Å². The van der Waals surface area contributed by atoms with Gasteiger partial charge in [0.25, 0.3) is 0 Å². The molecule has 0 unspecified atom stereocenters. The standard InChI is InChI=1S/C24H30FN3O3S/c1-31-21-15-18(4-5-20(21)25)16-24(8-6-22(29)26-24)9-7-23(30)28-12-10-27(11-13-28)17-19-3-2-14-32-19/h2-5,14-15H,6-13,16-17H2,1H3,(H,26,29)/t24-/m0/s1. The highest BCUT2D eigenvalue weighted by Crippen LogP contribution is 2.31. The molecule has 172 valence electrons. The highest BCUT2D eigenvalue weighted by Gasteiger charge is 2.38. The summed E-state index contributed by atoms with van der Waals surface area (Å²) in [5, 5.41) is 5.20. The fourth-order valence-electron chi connectivity index (χ4n) is 4.67. The summed E-state index contributed by atoms with van der Waals surface area (Å²) in [6.07, 6.45) is 2.65. The Kier molecular flexibility index (Phi) is 7.10. The fourth-order valence-corrected chi connectivity index (χ4v) is 5.42. The molecule has 2 aromatic rings. The quantitative estimate of drug-likeness (QED) is 0.659. The van der Waals surface area contributed by atoms with E-state index in [9.17, 15) is 14.0 Å². The van der Waals surface area contributed by atoms with Gasteiger partial charge < -0.3 is 15.0 Å². The molecule has 2 amide bonds. The van der Waals surface area contributed by atoms with Crippen LogP contribution in [-0.2, 0) is 22.6 Å². The van der Waals surface area contributed by atoms with E-state index in [0.29, 0.717) is 32.1 Å². The van der Waals surface area contributed by atoms with Crippen molar-refractivity contribution >= 4 is 23.2 Å². The number of halogens is 1. The van der Waals surface area contributed by atoms with Gasteiger partial charge >= 0.3 is 0 Å². The van der Waals surface area contributed by atoms with Crippen LogP contribution in [0.1, 0.15) is 36.1 Å². The molecule has 6 nitrogen and oxygen atoms in total. The third-order valence-electron chi connectivity index (χ3n) is 6.50. The second-order valence-electron chi connectivity index (χ2n) is 8.71. The molecule has 2 aliphatic rings. The van der Waals surface area contributed by atoms with E-state index in [1.54, 1.807) is 23.5 Å². The summed E-state index contributed by atoms with van der Waals surface area (Å²) in [7, 11) is 1.44. The van der Waals surface area contributed by atoms with E-state index in [1.165, 1.54) is 18.1 Å². The van der Waals surface area contributed by atoms with Crippen LogP contribution in [0.15, 0.2) is 35.7 Å². The zero-order valence-electron chi connectivity index (χ0n) is 18.4. The lowest BCUT2D eigenvalue weighted by atomic mass is 9.84. The van der Waals surface area contributed by atoms with E-state index >= 15 is 0 Å². The first-order chi connectivity index (χ1) is 15.5. The Morgan fingerprint density at radius 3 is 2.72 bits per heavy atom. The lowest BCUT2D eigenvalue weighted by Gasteiger charge is -2.35. The molecule has 1 N–H and O–H groups in total. The summed E-state index contributed by atoms with van der Waals surface area (Å²) in [6.45, 7) is 4.16. The minimum atomic E-state index is -0.476. The van der Waals surface area contributed by atoms with E-state index in [1.807, 2.05) is 4.90 Å². The van der Waals surface area contributed by atoms with Gasteiger partial charge in [-0.3, -0.25) is 14.5 Å². The zero-order valence-corrected chi connectivity index (χ0v) is 19.3. The van der Waals surface area contributed by atoms with Gasteiger partial charge in [0, 0.05) is 56.0 Å². The third kappa shape index (κ3) is 5.48. The molecule has 1 aromatic heterocycles. The van der Waals surface area contributed by atoms with Crippen LogP contribution in [0, 0.1) is 5.82 Å². The van der Waals surface area contributed by atoms with Crippen molar-refractivity contribution in [2.24, 2.45) is 0 Å². The lowest BCUT2D eigenvalue weighted by molar-refractivity contribution is -0.133. The zero-order chi connectivity index (χ0) is 22.6. The molecule has 1 aromatic carbocycles. The second kappa shape index (κ2) is 10.0. The molecule has 0 aliphatic carbocycles. The Bertz CT molecular complexity index is 944. The van der Waals surface area contributed by atoms with E-state index in [0.717, 1.165) is 38.3 Å². The summed E-state index contributed by atoms with van der Waals surface area (Å²) in [4.78, 5) is 30.6. The molecular weight excluding hydrogens is 429 g/mol. The second-order valence-corrected chi connectivity index (χ2v) is 9.74. The van der Waals surface area contributed by atoms with Crippen LogP contribution in [0.5, 0.6) is 5.75 Å². The van der Waals surface area contributed by atoms with Crippen LogP contribution in [0.4, 0.5) is 4.39 Å². The molecule has 2 saturated heterocycles. The van der Waals surface area contributed by atoms with E-state index < -0.39 is 11.4 Å². The van der Waals surface area contributed by atoms with Crippen molar-refractivity contribution in [2.45, 2.75) is 44.2 Å². The minimum Gasteiger partial charge on any atom is -0.494 e. The number of hydrogen-bond donors (Lipinski definition) is 1. The number of piperazine rings is 1. The van der Waals surface area contributed by atoms with Crippen molar-refractivity contribution < 1.29 is 18.7 Å². The highest BCUT2D eigenvalue weighted by atomic mass is 32.1. The van der Waals surface area contributed by atoms with Crippen LogP contribution >= 0.6 is 11.3 Å². The predicted molar refractivity (Wildman–Crippen MR) is 122 cm³/mol. The number of hydrogen-bond acceptors (Lipinski definition) is 5. The molecule has 4 rings (SSSR count). The molecule has 1 atom stereocenters. The third-order valence-corrected chi connectivity index (χ3v) is 7.36. The van der Waals surface area contributed by atoms with Crippen molar-refractivity contribution in [3.05, 3.63) is 52.0 Å². The summed E-state index contributed by atoms with van der Waals surface area (Å²) in [5.41, 5.74) is 0.413. The molecule has 2 fully saturated rings. The van der Waals surface area contributed by atoms with E-state index in [-0.39, 0.29) is 17.6 Å². The predicted octanol–water partition coefficient (Wildman–Crippen LogP) is 3.21. The molecule has 32 heavy (non-hydrogen) atoms. The average Bonchev–Trinajstić information content (AvgIpc) is 3.44. The number of thiophene rings is 1. The summed E-state index contributed by atoms with van der Waals surface area (Å²) < 4.78 is 18.9. The number of methoxy groups -OCH3 is 1. The molecule has 0 spiro atoms. The normalized spacial score (nSPS) is 21.6. The summed E-state index contributed by atoms with van der Waals surface area (Å²) >= 11 is 1.76. The number of benzene rings is 1. The maximum Gasteiger partial charge on any atom is 0.222 e. The van der Waals surface area contributed by atoms with Crippen molar-refractivity contribution in [3.8, 4) is 5.75 Å². The van der Waals surface area contributed by atoms with Gasteiger partial charge in [-0.15, -0.1) is 11.3 Å². The first-order valence-electron chi connectivity index (χ1n) is 11.1. The highest BCUT2D eigenvalue weighted by molar-refractivity contribution is 7.09. The van der Waals surface area contributed by atoms with Gasteiger partial charge in [-0.1, -0.05) is 12.1 Å². The number of nitrogens with one attached hydrogen (secondary N) is 1. The van der Waals surface area contributed by atoms with Crippen LogP contribution in [-0.4, -0.2) is 60.4 Å². The van der Waals surface area contributed by atoms with Crippen molar-refractivity contribution in [1.82, 2.24) is 15.1 Å². The maximum absolute atomic E-state index is 13.8. The largest absolute Gasteiger partial charge is 0.494 e. The number of amides is 2. The molecule has 0 bridgehead atoms. The molecule has 0 radical (unpaired) electrons. The lowest BCUT2D eigenvalue weighted by Crippen LogP contribution is -2.49. The number of ether oxygens (including phenoxy) is 1. The molecule has 8 heteroatoms. The Hall–Kier alpha value is -2.45. The number of rotatable bonds is 8. The Morgan fingerprint density at radius 2 is 2.06 bits per heavy atom.